The fourth-order valence-corrected chi connectivity index (χ4v) is 3.35. The summed E-state index contributed by atoms with van der Waals surface area (Å²) in [6.07, 6.45) is 3.52. The van der Waals surface area contributed by atoms with Gasteiger partial charge in [0.2, 0.25) is 0 Å². The predicted molar refractivity (Wildman–Crippen MR) is 88.1 cm³/mol. The first-order chi connectivity index (χ1) is 11.5. The normalized spacial score (nSPS) is 19.7. The number of carbonyl (C=O) groups excluding carboxylic acids is 2. The summed E-state index contributed by atoms with van der Waals surface area (Å²) in [5.41, 5.74) is -0.0558. The first-order valence-electron chi connectivity index (χ1n) is 8.23. The summed E-state index contributed by atoms with van der Waals surface area (Å²) in [6, 6.07) is 6.49. The van der Waals surface area contributed by atoms with E-state index in [4.69, 9.17) is 0 Å². The fourth-order valence-electron chi connectivity index (χ4n) is 3.35. The maximum Gasteiger partial charge on any atom is 0.329 e. The third kappa shape index (κ3) is 3.06. The van der Waals surface area contributed by atoms with Crippen molar-refractivity contribution in [3.8, 4) is 0 Å². The third-order valence-corrected chi connectivity index (χ3v) is 4.77. The van der Waals surface area contributed by atoms with Gasteiger partial charge in [0.25, 0.3) is 5.91 Å². The van der Waals surface area contributed by atoms with Gasteiger partial charge in [-0.2, -0.15) is 0 Å². The number of carboxylic acids is 1. The van der Waals surface area contributed by atoms with E-state index in [0.717, 1.165) is 19.3 Å². The topological polar surface area (TPSA) is 98.7 Å². The largest absolute Gasteiger partial charge is 0.480 e. The molecule has 0 aromatic heterocycles. The molecular weight excluding hydrogens is 310 g/mol. The Morgan fingerprint density at radius 2 is 1.79 bits per heavy atom. The number of carbonyl (C=O) groups is 3. The van der Waals surface area contributed by atoms with Gasteiger partial charge in [-0.1, -0.05) is 19.3 Å². The SMILES string of the molecule is O=C(NC1(C(=O)O)CCCCC1)c1ccc(N2CCNC2=O)cc1. The minimum Gasteiger partial charge on any atom is -0.480 e. The number of anilines is 1. The van der Waals surface area contributed by atoms with Gasteiger partial charge >= 0.3 is 12.0 Å². The number of carboxylic acid groups (broad SMARTS) is 1. The number of aliphatic carboxylic acids is 1. The van der Waals surface area contributed by atoms with Crippen molar-refractivity contribution in [2.45, 2.75) is 37.6 Å². The maximum absolute atomic E-state index is 12.5. The molecule has 3 N–H and O–H groups in total. The van der Waals surface area contributed by atoms with E-state index in [1.54, 1.807) is 29.2 Å². The van der Waals surface area contributed by atoms with Crippen LogP contribution < -0.4 is 15.5 Å². The highest BCUT2D eigenvalue weighted by atomic mass is 16.4. The molecule has 0 spiro atoms. The second-order valence-electron chi connectivity index (χ2n) is 6.33. The van der Waals surface area contributed by atoms with Gasteiger partial charge in [0.05, 0.1) is 0 Å². The number of hydrogen-bond donors (Lipinski definition) is 3. The lowest BCUT2D eigenvalue weighted by molar-refractivity contribution is -0.145. The molecule has 0 bridgehead atoms. The lowest BCUT2D eigenvalue weighted by atomic mass is 9.81. The molecule has 3 amide bonds. The van der Waals surface area contributed by atoms with E-state index in [0.29, 0.717) is 37.2 Å². The van der Waals surface area contributed by atoms with Crippen LogP contribution in [0.25, 0.3) is 0 Å². The quantitative estimate of drug-likeness (QED) is 0.782. The highest BCUT2D eigenvalue weighted by Crippen LogP contribution is 2.29. The van der Waals surface area contributed by atoms with Crippen molar-refractivity contribution in [2.24, 2.45) is 0 Å². The predicted octanol–water partition coefficient (Wildman–Crippen LogP) is 1.73. The van der Waals surface area contributed by atoms with Crippen LogP contribution in [0.2, 0.25) is 0 Å². The summed E-state index contributed by atoms with van der Waals surface area (Å²) < 4.78 is 0. The molecule has 1 aromatic rings. The Hall–Kier alpha value is -2.57. The maximum atomic E-state index is 12.5. The van der Waals surface area contributed by atoms with Gasteiger partial charge in [-0.3, -0.25) is 9.69 Å². The average Bonchev–Trinajstić information content (AvgIpc) is 3.02. The summed E-state index contributed by atoms with van der Waals surface area (Å²) in [6.45, 7) is 1.19. The van der Waals surface area contributed by atoms with Crippen LogP contribution in [0.3, 0.4) is 0 Å². The Labute approximate surface area is 140 Å². The molecule has 1 saturated carbocycles. The van der Waals surface area contributed by atoms with E-state index < -0.39 is 17.4 Å². The Morgan fingerprint density at radius 1 is 1.12 bits per heavy atom. The molecule has 0 radical (unpaired) electrons. The summed E-state index contributed by atoms with van der Waals surface area (Å²) in [4.78, 5) is 37.3. The van der Waals surface area contributed by atoms with Gasteiger partial charge in [-0.15, -0.1) is 0 Å². The smallest absolute Gasteiger partial charge is 0.329 e. The third-order valence-electron chi connectivity index (χ3n) is 4.77. The monoisotopic (exact) mass is 331 g/mol. The van der Waals surface area contributed by atoms with Crippen LogP contribution in [0.15, 0.2) is 24.3 Å². The van der Waals surface area contributed by atoms with Crippen LogP contribution in [0, 0.1) is 0 Å². The van der Waals surface area contributed by atoms with E-state index in [1.165, 1.54) is 0 Å². The van der Waals surface area contributed by atoms with Crippen molar-refractivity contribution in [3.63, 3.8) is 0 Å². The molecule has 1 aliphatic heterocycles. The number of benzene rings is 1. The standard InChI is InChI=1S/C17H21N3O4/c21-14(19-17(15(22)23)8-2-1-3-9-17)12-4-6-13(7-5-12)20-11-10-18-16(20)24/h4-7H,1-3,8-11H2,(H,18,24)(H,19,21)(H,22,23). The minimum atomic E-state index is -1.16. The summed E-state index contributed by atoms with van der Waals surface area (Å²) in [5.74, 6) is -1.36. The van der Waals surface area contributed by atoms with E-state index in [1.807, 2.05) is 0 Å². The molecule has 1 saturated heterocycles. The Kier molecular flexibility index (Phi) is 4.42. The van der Waals surface area contributed by atoms with Gasteiger partial charge in [0, 0.05) is 24.3 Å². The van der Waals surface area contributed by atoms with Crippen LogP contribution in [-0.4, -0.2) is 41.6 Å². The lowest BCUT2D eigenvalue weighted by Crippen LogP contribution is -2.55. The second kappa shape index (κ2) is 6.51. The molecular formula is C17H21N3O4. The van der Waals surface area contributed by atoms with Crippen molar-refractivity contribution in [2.75, 3.05) is 18.0 Å². The van der Waals surface area contributed by atoms with Gasteiger partial charge in [-0.05, 0) is 37.1 Å². The zero-order chi connectivity index (χ0) is 17.2. The van der Waals surface area contributed by atoms with E-state index >= 15 is 0 Å². The minimum absolute atomic E-state index is 0.153. The van der Waals surface area contributed by atoms with Crippen LogP contribution in [0.4, 0.5) is 10.5 Å². The summed E-state index contributed by atoms with van der Waals surface area (Å²) in [5, 5.41) is 15.0. The van der Waals surface area contributed by atoms with Crippen molar-refractivity contribution in [3.05, 3.63) is 29.8 Å². The van der Waals surface area contributed by atoms with Gasteiger partial charge in [-0.25, -0.2) is 9.59 Å². The molecule has 7 nitrogen and oxygen atoms in total. The van der Waals surface area contributed by atoms with Crippen molar-refractivity contribution in [1.29, 1.82) is 0 Å². The zero-order valence-corrected chi connectivity index (χ0v) is 13.4. The Morgan fingerprint density at radius 3 is 2.33 bits per heavy atom. The van der Waals surface area contributed by atoms with Crippen LogP contribution in [0.1, 0.15) is 42.5 Å². The first kappa shape index (κ1) is 16.3. The van der Waals surface area contributed by atoms with Crippen molar-refractivity contribution < 1.29 is 19.5 Å². The molecule has 24 heavy (non-hydrogen) atoms. The average molecular weight is 331 g/mol. The lowest BCUT2D eigenvalue weighted by Gasteiger charge is -2.34. The number of urea groups is 1. The van der Waals surface area contributed by atoms with E-state index in [2.05, 4.69) is 10.6 Å². The Bertz CT molecular complexity index is 650. The molecule has 1 aromatic carbocycles. The highest BCUT2D eigenvalue weighted by molar-refractivity contribution is 5.99. The fraction of sp³-hybridized carbons (Fsp3) is 0.471. The number of nitrogens with zero attached hydrogens (tertiary/aromatic N) is 1. The van der Waals surface area contributed by atoms with Crippen LogP contribution in [0.5, 0.6) is 0 Å². The van der Waals surface area contributed by atoms with Gasteiger partial charge < -0.3 is 15.7 Å². The molecule has 1 aliphatic carbocycles. The summed E-state index contributed by atoms with van der Waals surface area (Å²) >= 11 is 0. The zero-order valence-electron chi connectivity index (χ0n) is 13.4. The number of hydrogen-bond acceptors (Lipinski definition) is 3. The first-order valence-corrected chi connectivity index (χ1v) is 8.23. The molecule has 0 atom stereocenters. The molecule has 7 heteroatoms. The second-order valence-corrected chi connectivity index (χ2v) is 6.33. The van der Waals surface area contributed by atoms with Crippen LogP contribution >= 0.6 is 0 Å². The van der Waals surface area contributed by atoms with Crippen LogP contribution in [-0.2, 0) is 4.79 Å². The molecule has 2 fully saturated rings. The highest BCUT2D eigenvalue weighted by Gasteiger charge is 2.41. The molecule has 2 aliphatic rings. The summed E-state index contributed by atoms with van der Waals surface area (Å²) in [7, 11) is 0. The molecule has 0 unspecified atom stereocenters. The molecule has 3 rings (SSSR count). The van der Waals surface area contributed by atoms with Crippen molar-refractivity contribution in [1.82, 2.24) is 10.6 Å². The number of nitrogens with one attached hydrogen (secondary N) is 2. The number of rotatable bonds is 4. The van der Waals surface area contributed by atoms with E-state index in [-0.39, 0.29) is 6.03 Å². The van der Waals surface area contributed by atoms with Gasteiger partial charge in [0.1, 0.15) is 5.54 Å². The molecule has 128 valence electrons. The number of amides is 3. The molecule has 1 heterocycles. The van der Waals surface area contributed by atoms with E-state index in [9.17, 15) is 19.5 Å². The van der Waals surface area contributed by atoms with Crippen molar-refractivity contribution >= 4 is 23.6 Å². The van der Waals surface area contributed by atoms with Gasteiger partial charge in [0.15, 0.2) is 0 Å². The Balaban J connectivity index is 1.72.